The van der Waals surface area contributed by atoms with Gasteiger partial charge in [-0.3, -0.25) is 4.79 Å². The van der Waals surface area contributed by atoms with Gasteiger partial charge in [-0.1, -0.05) is 23.7 Å². The number of aromatic amines is 1. The average Bonchev–Trinajstić information content (AvgIpc) is 2.61. The van der Waals surface area contributed by atoms with Crippen LogP contribution in [-0.2, 0) is 6.61 Å². The molecule has 0 saturated carbocycles. The van der Waals surface area contributed by atoms with Crippen molar-refractivity contribution < 1.29 is 9.13 Å². The second kappa shape index (κ2) is 7.42. The van der Waals surface area contributed by atoms with Gasteiger partial charge in [0.05, 0.1) is 0 Å². The Labute approximate surface area is 154 Å². The summed E-state index contributed by atoms with van der Waals surface area (Å²) in [4.78, 5) is 14.7. The van der Waals surface area contributed by atoms with Crippen molar-refractivity contribution in [3.05, 3.63) is 86.5 Å². The third-order valence-electron chi connectivity index (χ3n) is 3.82. The number of nitrogens with one attached hydrogen (secondary N) is 1. The zero-order valence-corrected chi connectivity index (χ0v) is 14.6. The average molecular weight is 369 g/mol. The fourth-order valence-electron chi connectivity index (χ4n) is 2.59. The topological polar surface area (TPSA) is 65.9 Å². The highest BCUT2D eigenvalue weighted by Crippen LogP contribution is 2.34. The summed E-state index contributed by atoms with van der Waals surface area (Å²) in [6.07, 6.45) is 0. The molecule has 3 aromatic rings. The van der Waals surface area contributed by atoms with Crippen molar-refractivity contribution >= 4 is 11.6 Å². The SMILES string of the molecule is Cc1cc(-c2cc(Cl)ccc2OCc2ccc(F)cc2)c(C#N)c(=O)[nH]1. The molecule has 0 atom stereocenters. The quantitative estimate of drug-likeness (QED) is 0.732. The van der Waals surface area contributed by atoms with E-state index in [0.717, 1.165) is 5.56 Å². The van der Waals surface area contributed by atoms with Crippen molar-refractivity contribution in [2.45, 2.75) is 13.5 Å². The first kappa shape index (κ1) is 17.7. The summed E-state index contributed by atoms with van der Waals surface area (Å²) >= 11 is 6.11. The summed E-state index contributed by atoms with van der Waals surface area (Å²) in [6, 6.07) is 14.6. The van der Waals surface area contributed by atoms with Crippen LogP contribution in [0.2, 0.25) is 5.02 Å². The van der Waals surface area contributed by atoms with Crippen LogP contribution in [0, 0.1) is 24.1 Å². The second-order valence-corrected chi connectivity index (χ2v) is 6.17. The number of benzene rings is 2. The normalized spacial score (nSPS) is 10.4. The summed E-state index contributed by atoms with van der Waals surface area (Å²) in [5, 5.41) is 9.82. The molecule has 0 aliphatic heterocycles. The predicted octanol–water partition coefficient (Wildman–Crippen LogP) is 4.59. The molecule has 4 nitrogen and oxygen atoms in total. The number of hydrogen-bond donors (Lipinski definition) is 1. The van der Waals surface area contributed by atoms with Gasteiger partial charge < -0.3 is 9.72 Å². The van der Waals surface area contributed by atoms with Crippen LogP contribution in [0.5, 0.6) is 5.75 Å². The van der Waals surface area contributed by atoms with Gasteiger partial charge in [0, 0.05) is 21.8 Å². The largest absolute Gasteiger partial charge is 0.488 e. The van der Waals surface area contributed by atoms with Crippen molar-refractivity contribution in [3.8, 4) is 22.9 Å². The van der Waals surface area contributed by atoms with E-state index in [9.17, 15) is 14.4 Å². The number of pyridine rings is 1. The van der Waals surface area contributed by atoms with Crippen LogP contribution < -0.4 is 10.3 Å². The monoisotopic (exact) mass is 368 g/mol. The lowest BCUT2D eigenvalue weighted by atomic mass is 10.00. The number of aryl methyl sites for hydroxylation is 1. The van der Waals surface area contributed by atoms with Crippen LogP contribution in [0.3, 0.4) is 0 Å². The predicted molar refractivity (Wildman–Crippen MR) is 97.7 cm³/mol. The molecule has 1 aromatic heterocycles. The van der Waals surface area contributed by atoms with Gasteiger partial charge in [0.1, 0.15) is 29.8 Å². The first-order valence-electron chi connectivity index (χ1n) is 7.79. The zero-order chi connectivity index (χ0) is 18.7. The van der Waals surface area contributed by atoms with Crippen LogP contribution in [-0.4, -0.2) is 4.98 Å². The molecule has 0 saturated heterocycles. The summed E-state index contributed by atoms with van der Waals surface area (Å²) < 4.78 is 18.9. The number of hydrogen-bond acceptors (Lipinski definition) is 3. The van der Waals surface area contributed by atoms with Gasteiger partial charge in [0.15, 0.2) is 0 Å². The molecule has 0 fully saturated rings. The highest BCUT2D eigenvalue weighted by atomic mass is 35.5. The Morgan fingerprint density at radius 1 is 1.15 bits per heavy atom. The van der Waals surface area contributed by atoms with E-state index in [1.54, 1.807) is 43.3 Å². The van der Waals surface area contributed by atoms with Gasteiger partial charge in [-0.15, -0.1) is 0 Å². The maximum Gasteiger partial charge on any atom is 0.266 e. The fraction of sp³-hybridized carbons (Fsp3) is 0.100. The van der Waals surface area contributed by atoms with Crippen LogP contribution in [0.4, 0.5) is 4.39 Å². The van der Waals surface area contributed by atoms with Gasteiger partial charge in [-0.25, -0.2) is 4.39 Å². The Hall–Kier alpha value is -3.10. The number of ether oxygens (including phenoxy) is 1. The molecule has 3 rings (SSSR count). The summed E-state index contributed by atoms with van der Waals surface area (Å²) in [6.45, 7) is 1.94. The van der Waals surface area contributed by atoms with E-state index in [1.165, 1.54) is 12.1 Å². The molecule has 0 amide bonds. The molecule has 2 aromatic carbocycles. The minimum atomic E-state index is -0.466. The van der Waals surface area contributed by atoms with Gasteiger partial charge in [0.25, 0.3) is 5.56 Å². The van der Waals surface area contributed by atoms with Gasteiger partial charge in [-0.05, 0) is 48.9 Å². The standard InChI is InChI=1S/C20H14ClFN2O2/c1-12-8-16(18(10-23)20(25)24-12)17-9-14(21)4-7-19(17)26-11-13-2-5-15(22)6-3-13/h2-9H,11H2,1H3,(H,24,25). The minimum absolute atomic E-state index is 0.00972. The number of aromatic nitrogens is 1. The molecule has 0 radical (unpaired) electrons. The van der Waals surface area contributed by atoms with E-state index in [1.807, 2.05) is 6.07 Å². The van der Waals surface area contributed by atoms with Crippen molar-refractivity contribution in [1.82, 2.24) is 4.98 Å². The zero-order valence-electron chi connectivity index (χ0n) is 13.8. The molecule has 0 aliphatic rings. The molecule has 0 bridgehead atoms. The van der Waals surface area contributed by atoms with Crippen molar-refractivity contribution in [1.29, 1.82) is 5.26 Å². The molecule has 0 spiro atoms. The number of nitriles is 1. The van der Waals surface area contributed by atoms with Crippen LogP contribution in [0.1, 0.15) is 16.8 Å². The Kier molecular flexibility index (Phi) is 5.06. The maximum atomic E-state index is 13.0. The molecule has 26 heavy (non-hydrogen) atoms. The third kappa shape index (κ3) is 3.76. The Balaban J connectivity index is 2.03. The molecular weight excluding hydrogens is 355 g/mol. The van der Waals surface area contributed by atoms with Crippen molar-refractivity contribution in [3.63, 3.8) is 0 Å². The second-order valence-electron chi connectivity index (χ2n) is 5.74. The maximum absolute atomic E-state index is 13.0. The number of halogens is 2. The molecular formula is C20H14ClFN2O2. The number of nitrogens with zero attached hydrogens (tertiary/aromatic N) is 1. The van der Waals surface area contributed by atoms with Crippen molar-refractivity contribution in [2.75, 3.05) is 0 Å². The van der Waals surface area contributed by atoms with E-state index < -0.39 is 5.56 Å². The molecule has 0 unspecified atom stereocenters. The molecule has 0 aliphatic carbocycles. The van der Waals surface area contributed by atoms with Gasteiger partial charge in [-0.2, -0.15) is 5.26 Å². The van der Waals surface area contributed by atoms with E-state index in [-0.39, 0.29) is 18.0 Å². The van der Waals surface area contributed by atoms with Gasteiger partial charge in [0.2, 0.25) is 0 Å². The van der Waals surface area contributed by atoms with Crippen LogP contribution in [0.25, 0.3) is 11.1 Å². The van der Waals surface area contributed by atoms with E-state index >= 15 is 0 Å². The minimum Gasteiger partial charge on any atom is -0.488 e. The number of rotatable bonds is 4. The molecule has 1 heterocycles. The summed E-state index contributed by atoms with van der Waals surface area (Å²) in [7, 11) is 0. The lowest BCUT2D eigenvalue weighted by molar-refractivity contribution is 0.307. The first-order valence-corrected chi connectivity index (χ1v) is 8.17. The Morgan fingerprint density at radius 2 is 1.88 bits per heavy atom. The Bertz CT molecular complexity index is 1050. The first-order chi connectivity index (χ1) is 12.5. The van der Waals surface area contributed by atoms with Crippen molar-refractivity contribution in [2.24, 2.45) is 0 Å². The van der Waals surface area contributed by atoms with E-state index in [2.05, 4.69) is 4.98 Å². The molecule has 130 valence electrons. The Morgan fingerprint density at radius 3 is 2.58 bits per heavy atom. The van der Waals surface area contributed by atoms with Gasteiger partial charge >= 0.3 is 0 Å². The van der Waals surface area contributed by atoms with E-state index in [4.69, 9.17) is 16.3 Å². The fourth-order valence-corrected chi connectivity index (χ4v) is 2.76. The highest BCUT2D eigenvalue weighted by molar-refractivity contribution is 6.31. The molecule has 1 N–H and O–H groups in total. The van der Waals surface area contributed by atoms with Crippen LogP contribution in [0.15, 0.2) is 53.3 Å². The highest BCUT2D eigenvalue weighted by Gasteiger charge is 2.15. The lowest BCUT2D eigenvalue weighted by Gasteiger charge is -2.14. The third-order valence-corrected chi connectivity index (χ3v) is 4.05. The number of H-pyrrole nitrogens is 1. The summed E-state index contributed by atoms with van der Waals surface area (Å²) in [5.41, 5.74) is 1.93. The molecule has 6 heteroatoms. The lowest BCUT2D eigenvalue weighted by Crippen LogP contribution is -2.13. The van der Waals surface area contributed by atoms with E-state index in [0.29, 0.717) is 27.6 Å². The van der Waals surface area contributed by atoms with Crippen LogP contribution >= 0.6 is 11.6 Å². The summed E-state index contributed by atoms with van der Waals surface area (Å²) in [5.74, 6) is 0.152. The smallest absolute Gasteiger partial charge is 0.266 e.